The molecule has 6 nitrogen and oxygen atoms in total. The molecule has 0 saturated carbocycles. The predicted molar refractivity (Wildman–Crippen MR) is 90.4 cm³/mol. The molecular formula is C18H17N3O3. The van der Waals surface area contributed by atoms with E-state index in [-0.39, 0.29) is 5.91 Å². The highest BCUT2D eigenvalue weighted by Gasteiger charge is 2.07. The zero-order valence-corrected chi connectivity index (χ0v) is 13.2. The van der Waals surface area contributed by atoms with Gasteiger partial charge in [0.2, 0.25) is 0 Å². The van der Waals surface area contributed by atoms with Gasteiger partial charge in [-0.1, -0.05) is 0 Å². The van der Waals surface area contributed by atoms with E-state index in [0.717, 1.165) is 17.1 Å². The van der Waals surface area contributed by atoms with E-state index in [9.17, 15) is 4.79 Å². The van der Waals surface area contributed by atoms with E-state index in [0.29, 0.717) is 18.0 Å². The number of hydrogen-bond donors (Lipinski definition) is 2. The van der Waals surface area contributed by atoms with Crippen molar-refractivity contribution in [1.29, 1.82) is 0 Å². The normalized spacial score (nSPS) is 10.2. The monoisotopic (exact) mass is 323 g/mol. The molecule has 24 heavy (non-hydrogen) atoms. The van der Waals surface area contributed by atoms with E-state index in [1.165, 1.54) is 0 Å². The van der Waals surface area contributed by atoms with Crippen molar-refractivity contribution < 1.29 is 13.9 Å². The number of ether oxygens (including phenoxy) is 1. The summed E-state index contributed by atoms with van der Waals surface area (Å²) < 4.78 is 10.3. The molecule has 1 aromatic carbocycles. The lowest BCUT2D eigenvalue weighted by Gasteiger charge is -2.08. The first-order valence-corrected chi connectivity index (χ1v) is 7.42. The van der Waals surface area contributed by atoms with Crippen LogP contribution in [-0.4, -0.2) is 18.0 Å². The van der Waals surface area contributed by atoms with Gasteiger partial charge in [-0.25, -0.2) is 4.98 Å². The second-order valence-electron chi connectivity index (χ2n) is 5.05. The van der Waals surface area contributed by atoms with Crippen LogP contribution in [-0.2, 0) is 6.54 Å². The molecule has 1 amide bonds. The van der Waals surface area contributed by atoms with Gasteiger partial charge in [0, 0.05) is 5.69 Å². The average molecular weight is 323 g/mol. The minimum atomic E-state index is -0.248. The Kier molecular flexibility index (Phi) is 4.76. The summed E-state index contributed by atoms with van der Waals surface area (Å²) in [5.41, 5.74) is 2.05. The van der Waals surface area contributed by atoms with Crippen LogP contribution in [0, 0.1) is 0 Å². The maximum Gasteiger partial charge on any atom is 0.270 e. The van der Waals surface area contributed by atoms with Gasteiger partial charge in [0.25, 0.3) is 5.91 Å². The summed E-state index contributed by atoms with van der Waals surface area (Å²) in [7, 11) is 1.63. The number of rotatable bonds is 6. The Bertz CT molecular complexity index is 781. The minimum Gasteiger partial charge on any atom is -0.497 e. The van der Waals surface area contributed by atoms with Crippen molar-refractivity contribution in [3.63, 3.8) is 0 Å². The van der Waals surface area contributed by atoms with Gasteiger partial charge >= 0.3 is 0 Å². The largest absolute Gasteiger partial charge is 0.497 e. The smallest absolute Gasteiger partial charge is 0.270 e. The lowest BCUT2D eigenvalue weighted by Crippen LogP contribution is -2.23. The van der Waals surface area contributed by atoms with Crippen molar-refractivity contribution in [2.45, 2.75) is 6.54 Å². The molecule has 0 saturated heterocycles. The SMILES string of the molecule is COc1ccc(Nc2ccc(C(=O)NCc3ccco3)nc2)cc1. The van der Waals surface area contributed by atoms with Crippen LogP contribution in [0.5, 0.6) is 5.75 Å². The van der Waals surface area contributed by atoms with E-state index in [4.69, 9.17) is 9.15 Å². The molecule has 2 aromatic heterocycles. The number of amides is 1. The third kappa shape index (κ3) is 3.92. The van der Waals surface area contributed by atoms with Crippen LogP contribution in [0.4, 0.5) is 11.4 Å². The fraction of sp³-hybridized carbons (Fsp3) is 0.111. The number of furan rings is 1. The third-order valence-corrected chi connectivity index (χ3v) is 3.38. The number of hydrogen-bond acceptors (Lipinski definition) is 5. The van der Waals surface area contributed by atoms with Crippen LogP contribution in [0.3, 0.4) is 0 Å². The van der Waals surface area contributed by atoms with Gasteiger partial charge in [-0.05, 0) is 48.5 Å². The fourth-order valence-electron chi connectivity index (χ4n) is 2.11. The lowest BCUT2D eigenvalue weighted by atomic mass is 10.2. The number of benzene rings is 1. The quantitative estimate of drug-likeness (QED) is 0.727. The van der Waals surface area contributed by atoms with Crippen molar-refractivity contribution >= 4 is 17.3 Å². The zero-order chi connectivity index (χ0) is 16.8. The Morgan fingerprint density at radius 1 is 1.12 bits per heavy atom. The number of nitrogens with one attached hydrogen (secondary N) is 2. The molecule has 0 fully saturated rings. The number of anilines is 2. The average Bonchev–Trinajstić information content (AvgIpc) is 3.14. The maximum absolute atomic E-state index is 12.0. The first-order valence-electron chi connectivity index (χ1n) is 7.42. The highest BCUT2D eigenvalue weighted by atomic mass is 16.5. The Hall–Kier alpha value is -3.28. The van der Waals surface area contributed by atoms with Gasteiger partial charge in [0.1, 0.15) is 17.2 Å². The summed E-state index contributed by atoms with van der Waals surface area (Å²) in [5.74, 6) is 1.24. The van der Waals surface area contributed by atoms with Gasteiger partial charge in [0.05, 0.1) is 31.8 Å². The van der Waals surface area contributed by atoms with Crippen molar-refractivity contribution in [1.82, 2.24) is 10.3 Å². The van der Waals surface area contributed by atoms with Crippen LogP contribution < -0.4 is 15.4 Å². The van der Waals surface area contributed by atoms with Crippen LogP contribution in [0.1, 0.15) is 16.2 Å². The van der Waals surface area contributed by atoms with Gasteiger partial charge in [-0.2, -0.15) is 0 Å². The van der Waals surface area contributed by atoms with Crippen LogP contribution in [0.25, 0.3) is 0 Å². The van der Waals surface area contributed by atoms with Crippen LogP contribution in [0.15, 0.2) is 65.4 Å². The van der Waals surface area contributed by atoms with Gasteiger partial charge < -0.3 is 19.8 Å². The van der Waals surface area contributed by atoms with Crippen molar-refractivity contribution in [2.24, 2.45) is 0 Å². The van der Waals surface area contributed by atoms with Gasteiger partial charge in [-0.3, -0.25) is 4.79 Å². The zero-order valence-electron chi connectivity index (χ0n) is 13.2. The molecule has 3 aromatic rings. The number of nitrogens with zero attached hydrogens (tertiary/aromatic N) is 1. The Balaban J connectivity index is 1.58. The fourth-order valence-corrected chi connectivity index (χ4v) is 2.11. The highest BCUT2D eigenvalue weighted by molar-refractivity contribution is 5.92. The van der Waals surface area contributed by atoms with Crippen molar-refractivity contribution in [3.8, 4) is 5.75 Å². The Labute approximate surface area is 139 Å². The number of pyridine rings is 1. The number of carbonyl (C=O) groups excluding carboxylic acids is 1. The minimum absolute atomic E-state index is 0.248. The Morgan fingerprint density at radius 3 is 2.54 bits per heavy atom. The summed E-state index contributed by atoms with van der Waals surface area (Å²) in [6, 6.07) is 14.6. The molecule has 6 heteroatoms. The van der Waals surface area contributed by atoms with Crippen LogP contribution >= 0.6 is 0 Å². The molecule has 0 aliphatic carbocycles. The summed E-state index contributed by atoms with van der Waals surface area (Å²) in [4.78, 5) is 16.2. The van der Waals surface area contributed by atoms with Gasteiger partial charge in [0.15, 0.2) is 0 Å². The van der Waals surface area contributed by atoms with E-state index in [2.05, 4.69) is 15.6 Å². The number of carbonyl (C=O) groups is 1. The second-order valence-corrected chi connectivity index (χ2v) is 5.05. The number of aromatic nitrogens is 1. The van der Waals surface area contributed by atoms with E-state index in [1.807, 2.05) is 24.3 Å². The highest BCUT2D eigenvalue weighted by Crippen LogP contribution is 2.19. The molecular weight excluding hydrogens is 306 g/mol. The molecule has 0 aliphatic rings. The van der Waals surface area contributed by atoms with E-state index >= 15 is 0 Å². The summed E-state index contributed by atoms with van der Waals surface area (Å²) in [6.45, 7) is 0.333. The lowest BCUT2D eigenvalue weighted by molar-refractivity contribution is 0.0943. The van der Waals surface area contributed by atoms with Crippen molar-refractivity contribution in [2.75, 3.05) is 12.4 Å². The predicted octanol–water partition coefficient (Wildman–Crippen LogP) is 3.36. The molecule has 3 rings (SSSR count). The number of methoxy groups -OCH3 is 1. The van der Waals surface area contributed by atoms with E-state index < -0.39 is 0 Å². The molecule has 2 N–H and O–H groups in total. The molecule has 0 spiro atoms. The van der Waals surface area contributed by atoms with Gasteiger partial charge in [-0.15, -0.1) is 0 Å². The maximum atomic E-state index is 12.0. The molecule has 0 unspecified atom stereocenters. The molecule has 0 bridgehead atoms. The Morgan fingerprint density at radius 2 is 1.92 bits per heavy atom. The second kappa shape index (κ2) is 7.32. The molecule has 0 atom stereocenters. The molecule has 0 aliphatic heterocycles. The molecule has 2 heterocycles. The summed E-state index contributed by atoms with van der Waals surface area (Å²) >= 11 is 0. The molecule has 0 radical (unpaired) electrons. The summed E-state index contributed by atoms with van der Waals surface area (Å²) in [5, 5.41) is 5.96. The first-order chi connectivity index (χ1) is 11.7. The standard InChI is InChI=1S/C18H17N3O3/c1-23-15-7-4-13(5-8-15)21-14-6-9-17(19-11-14)18(22)20-12-16-3-2-10-24-16/h2-11,21H,12H2,1H3,(H,20,22). The van der Waals surface area contributed by atoms with E-state index in [1.54, 1.807) is 43.8 Å². The first kappa shape index (κ1) is 15.6. The molecule has 122 valence electrons. The third-order valence-electron chi connectivity index (χ3n) is 3.38. The topological polar surface area (TPSA) is 76.4 Å². The summed E-state index contributed by atoms with van der Waals surface area (Å²) in [6.07, 6.45) is 3.19. The van der Waals surface area contributed by atoms with Crippen molar-refractivity contribution in [3.05, 3.63) is 72.4 Å². The van der Waals surface area contributed by atoms with Crippen LogP contribution in [0.2, 0.25) is 0 Å².